The third-order valence-corrected chi connectivity index (χ3v) is 3.83. The second-order valence-corrected chi connectivity index (χ2v) is 5.20. The Morgan fingerprint density at radius 3 is 2.48 bits per heavy atom. The second-order valence-electron chi connectivity index (χ2n) is 5.20. The standard InChI is InChI=1S/C17H26N2O2/c1-3-18-10-12-19(13-11-18)9-4-5-14-21-17-8-6-7-16(15-17)20-2/h4-8,15H,3,9-14H2,1-2H3. The van der Waals surface area contributed by atoms with Crippen LogP contribution in [0.25, 0.3) is 0 Å². The van der Waals surface area contributed by atoms with Gasteiger partial charge in [-0.3, -0.25) is 4.90 Å². The van der Waals surface area contributed by atoms with Crippen molar-refractivity contribution >= 4 is 0 Å². The minimum absolute atomic E-state index is 0.599. The molecule has 0 unspecified atom stereocenters. The van der Waals surface area contributed by atoms with Crippen LogP contribution in [-0.4, -0.2) is 62.8 Å². The lowest BCUT2D eigenvalue weighted by atomic mass is 10.3. The van der Waals surface area contributed by atoms with Crippen LogP contribution >= 0.6 is 0 Å². The lowest BCUT2D eigenvalue weighted by molar-refractivity contribution is 0.148. The van der Waals surface area contributed by atoms with Crippen molar-refractivity contribution in [3.05, 3.63) is 36.4 Å². The summed E-state index contributed by atoms with van der Waals surface area (Å²) in [4.78, 5) is 4.97. The number of likely N-dealkylation sites (N-methyl/N-ethyl adjacent to an activating group) is 1. The highest BCUT2D eigenvalue weighted by atomic mass is 16.5. The number of hydrogen-bond donors (Lipinski definition) is 0. The maximum absolute atomic E-state index is 5.68. The van der Waals surface area contributed by atoms with Gasteiger partial charge in [-0.2, -0.15) is 0 Å². The quantitative estimate of drug-likeness (QED) is 0.719. The van der Waals surface area contributed by atoms with Gasteiger partial charge in [0.1, 0.15) is 18.1 Å². The number of methoxy groups -OCH3 is 1. The lowest BCUT2D eigenvalue weighted by Gasteiger charge is -2.33. The minimum Gasteiger partial charge on any atom is -0.497 e. The Morgan fingerprint density at radius 2 is 1.76 bits per heavy atom. The van der Waals surface area contributed by atoms with E-state index in [1.807, 2.05) is 24.3 Å². The van der Waals surface area contributed by atoms with Crippen molar-refractivity contribution in [2.24, 2.45) is 0 Å². The average molecular weight is 290 g/mol. The molecule has 1 aliphatic heterocycles. The number of benzene rings is 1. The zero-order valence-electron chi connectivity index (χ0n) is 13.1. The van der Waals surface area contributed by atoms with Crippen molar-refractivity contribution in [1.82, 2.24) is 9.80 Å². The summed E-state index contributed by atoms with van der Waals surface area (Å²) >= 11 is 0. The van der Waals surface area contributed by atoms with Gasteiger partial charge in [-0.1, -0.05) is 25.1 Å². The Morgan fingerprint density at radius 1 is 1.05 bits per heavy atom. The molecular formula is C17H26N2O2. The van der Waals surface area contributed by atoms with Crippen molar-refractivity contribution in [3.63, 3.8) is 0 Å². The number of rotatable bonds is 7. The van der Waals surface area contributed by atoms with Crippen LogP contribution < -0.4 is 9.47 Å². The van der Waals surface area contributed by atoms with E-state index in [-0.39, 0.29) is 0 Å². The highest BCUT2D eigenvalue weighted by molar-refractivity contribution is 5.32. The zero-order valence-corrected chi connectivity index (χ0v) is 13.1. The van der Waals surface area contributed by atoms with Crippen molar-refractivity contribution in [2.75, 3.05) is 53.0 Å². The molecule has 2 rings (SSSR count). The first kappa shape index (κ1) is 15.9. The topological polar surface area (TPSA) is 24.9 Å². The molecule has 1 aromatic carbocycles. The number of piperazine rings is 1. The smallest absolute Gasteiger partial charge is 0.123 e. The van der Waals surface area contributed by atoms with Gasteiger partial charge in [-0.15, -0.1) is 0 Å². The van der Waals surface area contributed by atoms with E-state index in [2.05, 4.69) is 28.9 Å². The first-order valence-electron chi connectivity index (χ1n) is 7.68. The molecule has 0 atom stereocenters. The Labute approximate surface area is 127 Å². The van der Waals surface area contributed by atoms with E-state index < -0.39 is 0 Å². The van der Waals surface area contributed by atoms with Crippen molar-refractivity contribution < 1.29 is 9.47 Å². The molecule has 4 nitrogen and oxygen atoms in total. The summed E-state index contributed by atoms with van der Waals surface area (Å²) in [6.07, 6.45) is 4.29. The summed E-state index contributed by atoms with van der Waals surface area (Å²) in [6.45, 7) is 9.70. The third-order valence-electron chi connectivity index (χ3n) is 3.83. The van der Waals surface area contributed by atoms with Crippen LogP contribution in [0, 0.1) is 0 Å². The molecule has 1 fully saturated rings. The van der Waals surface area contributed by atoms with E-state index in [1.165, 1.54) is 13.1 Å². The predicted molar refractivity (Wildman–Crippen MR) is 86.2 cm³/mol. The van der Waals surface area contributed by atoms with E-state index in [9.17, 15) is 0 Å². The average Bonchev–Trinajstić information content (AvgIpc) is 2.55. The maximum Gasteiger partial charge on any atom is 0.123 e. The normalized spacial score (nSPS) is 17.2. The van der Waals surface area contributed by atoms with Crippen LogP contribution in [-0.2, 0) is 0 Å². The van der Waals surface area contributed by atoms with Crippen LogP contribution in [0.1, 0.15) is 6.92 Å². The Hall–Kier alpha value is -1.52. The largest absolute Gasteiger partial charge is 0.497 e. The molecule has 0 bridgehead atoms. The van der Waals surface area contributed by atoms with E-state index in [0.717, 1.165) is 37.7 Å². The third kappa shape index (κ3) is 5.40. The monoisotopic (exact) mass is 290 g/mol. The molecule has 0 aliphatic carbocycles. The van der Waals surface area contributed by atoms with Gasteiger partial charge in [-0.05, 0) is 18.7 Å². The molecule has 0 radical (unpaired) electrons. The second kappa shape index (κ2) is 8.70. The van der Waals surface area contributed by atoms with Crippen molar-refractivity contribution in [1.29, 1.82) is 0 Å². The van der Waals surface area contributed by atoms with Crippen LogP contribution in [0.4, 0.5) is 0 Å². The SMILES string of the molecule is CCN1CCN(CC=CCOc2cccc(OC)c2)CC1. The summed E-state index contributed by atoms with van der Waals surface area (Å²) in [5.41, 5.74) is 0. The van der Waals surface area contributed by atoms with Crippen molar-refractivity contribution in [3.8, 4) is 11.5 Å². The number of ether oxygens (including phenoxy) is 2. The van der Waals surface area contributed by atoms with Gasteiger partial charge in [0, 0.05) is 38.8 Å². The van der Waals surface area contributed by atoms with E-state index >= 15 is 0 Å². The molecule has 0 spiro atoms. The summed E-state index contributed by atoms with van der Waals surface area (Å²) in [5.74, 6) is 1.67. The number of hydrogen-bond acceptors (Lipinski definition) is 4. The Bertz CT molecular complexity index is 440. The van der Waals surface area contributed by atoms with Gasteiger partial charge < -0.3 is 14.4 Å². The van der Waals surface area contributed by atoms with Crippen LogP contribution in [0.2, 0.25) is 0 Å². The highest BCUT2D eigenvalue weighted by Crippen LogP contribution is 2.18. The minimum atomic E-state index is 0.599. The van der Waals surface area contributed by atoms with Gasteiger partial charge in [0.2, 0.25) is 0 Å². The lowest BCUT2D eigenvalue weighted by Crippen LogP contribution is -2.46. The molecule has 0 amide bonds. The fraction of sp³-hybridized carbons (Fsp3) is 0.529. The fourth-order valence-electron chi connectivity index (χ4n) is 2.42. The van der Waals surface area contributed by atoms with Gasteiger partial charge in [-0.25, -0.2) is 0 Å². The molecule has 0 saturated carbocycles. The van der Waals surface area contributed by atoms with E-state index in [1.54, 1.807) is 7.11 Å². The van der Waals surface area contributed by atoms with Gasteiger partial charge in [0.25, 0.3) is 0 Å². The maximum atomic E-state index is 5.68. The van der Waals surface area contributed by atoms with Gasteiger partial charge >= 0.3 is 0 Å². The molecule has 4 heteroatoms. The molecule has 1 aliphatic rings. The molecule has 21 heavy (non-hydrogen) atoms. The predicted octanol–water partition coefficient (Wildman–Crippen LogP) is 2.27. The van der Waals surface area contributed by atoms with Crippen LogP contribution in [0.3, 0.4) is 0 Å². The van der Waals surface area contributed by atoms with Gasteiger partial charge in [0.15, 0.2) is 0 Å². The first-order valence-corrected chi connectivity index (χ1v) is 7.68. The first-order chi connectivity index (χ1) is 10.3. The molecule has 1 aromatic rings. The highest BCUT2D eigenvalue weighted by Gasteiger charge is 2.13. The summed E-state index contributed by atoms with van der Waals surface area (Å²) in [6, 6.07) is 7.70. The molecule has 0 N–H and O–H groups in total. The Balaban J connectivity index is 1.64. The molecular weight excluding hydrogens is 264 g/mol. The summed E-state index contributed by atoms with van der Waals surface area (Å²) in [7, 11) is 1.66. The number of nitrogens with zero attached hydrogens (tertiary/aromatic N) is 2. The molecule has 116 valence electrons. The van der Waals surface area contributed by atoms with E-state index in [4.69, 9.17) is 9.47 Å². The Kier molecular flexibility index (Phi) is 6.57. The fourth-order valence-corrected chi connectivity index (χ4v) is 2.42. The van der Waals surface area contributed by atoms with Crippen LogP contribution in [0.5, 0.6) is 11.5 Å². The van der Waals surface area contributed by atoms with E-state index in [0.29, 0.717) is 6.61 Å². The van der Waals surface area contributed by atoms with Crippen molar-refractivity contribution in [2.45, 2.75) is 6.92 Å². The zero-order chi connectivity index (χ0) is 14.9. The molecule has 0 aromatic heterocycles. The molecule has 1 saturated heterocycles. The van der Waals surface area contributed by atoms with Crippen LogP contribution in [0.15, 0.2) is 36.4 Å². The summed E-state index contributed by atoms with van der Waals surface area (Å²) in [5, 5.41) is 0. The van der Waals surface area contributed by atoms with Gasteiger partial charge in [0.05, 0.1) is 7.11 Å². The molecule has 1 heterocycles. The summed E-state index contributed by atoms with van der Waals surface area (Å²) < 4.78 is 10.8.